The van der Waals surface area contributed by atoms with E-state index in [1.54, 1.807) is 11.9 Å². The van der Waals surface area contributed by atoms with Crippen LogP contribution in [0.4, 0.5) is 21.9 Å². The second-order valence-corrected chi connectivity index (χ2v) is 16.1. The van der Waals surface area contributed by atoms with E-state index in [1.807, 2.05) is 36.5 Å². The minimum absolute atomic E-state index is 0.198. The number of carbonyl (C=O) groups is 1. The number of ether oxygens (including phenoxy) is 1. The van der Waals surface area contributed by atoms with Crippen molar-refractivity contribution in [2.24, 2.45) is 11.0 Å². The monoisotopic (exact) mass is 804 g/mol. The van der Waals surface area contributed by atoms with Crippen LogP contribution < -0.4 is 15.0 Å². The second kappa shape index (κ2) is 17.7. The van der Waals surface area contributed by atoms with Crippen molar-refractivity contribution in [1.29, 1.82) is 0 Å². The molecule has 0 bridgehead atoms. The maximum atomic E-state index is 14.3. The largest absolute Gasteiger partial charge is 0.489 e. The van der Waals surface area contributed by atoms with Crippen LogP contribution in [0.5, 0.6) is 5.75 Å². The van der Waals surface area contributed by atoms with Crippen LogP contribution in [0.3, 0.4) is 0 Å². The van der Waals surface area contributed by atoms with E-state index in [0.29, 0.717) is 19.6 Å². The molecule has 61 heavy (non-hydrogen) atoms. The highest BCUT2D eigenvalue weighted by Gasteiger charge is 2.39. The number of benzene rings is 6. The topological polar surface area (TPSA) is 75.0 Å². The van der Waals surface area contributed by atoms with E-state index < -0.39 is 5.54 Å². The Hall–Kier alpha value is -6.93. The Morgan fingerprint density at radius 2 is 1.33 bits per heavy atom. The molecule has 6 aromatic carbocycles. The van der Waals surface area contributed by atoms with Gasteiger partial charge in [0.1, 0.15) is 23.7 Å². The SMILES string of the molecule is Cc1cc2c(cc1OCc1ccccc1)C(C1CCCCC1)=NN(C)C(=O)N2c1ccc(NCCc2nccn2C(c2ccccc2)(c2ccccc2)c2ccccc2)cc1. The first-order chi connectivity index (χ1) is 30.0. The Kier molecular flexibility index (Phi) is 11.5. The number of amides is 2. The first kappa shape index (κ1) is 39.5. The van der Waals surface area contributed by atoms with Gasteiger partial charge in [0, 0.05) is 49.6 Å². The number of anilines is 3. The zero-order chi connectivity index (χ0) is 41.6. The third-order valence-electron chi connectivity index (χ3n) is 12.2. The minimum Gasteiger partial charge on any atom is -0.489 e. The number of urea groups is 1. The number of imidazole rings is 1. The lowest BCUT2D eigenvalue weighted by atomic mass is 9.76. The highest BCUT2D eigenvalue weighted by atomic mass is 16.5. The van der Waals surface area contributed by atoms with Gasteiger partial charge in [0.15, 0.2) is 0 Å². The van der Waals surface area contributed by atoms with Gasteiger partial charge >= 0.3 is 6.03 Å². The summed E-state index contributed by atoms with van der Waals surface area (Å²) in [6.45, 7) is 3.17. The van der Waals surface area contributed by atoms with Gasteiger partial charge in [-0.2, -0.15) is 5.10 Å². The number of hydrazone groups is 1. The molecule has 306 valence electrons. The molecule has 0 unspecified atom stereocenters. The molecule has 0 spiro atoms. The Balaban J connectivity index is 0.994. The lowest BCUT2D eigenvalue weighted by Crippen LogP contribution is -2.38. The maximum absolute atomic E-state index is 14.3. The number of fused-ring (bicyclic) bond motifs is 1. The predicted octanol–water partition coefficient (Wildman–Crippen LogP) is 11.8. The Bertz CT molecular complexity index is 2490. The molecule has 2 aliphatic rings. The van der Waals surface area contributed by atoms with Gasteiger partial charge in [0.2, 0.25) is 0 Å². The summed E-state index contributed by atoms with van der Waals surface area (Å²) in [6, 6.07) is 54.5. The van der Waals surface area contributed by atoms with E-state index in [2.05, 4.69) is 150 Å². The fourth-order valence-corrected chi connectivity index (χ4v) is 9.21. The summed E-state index contributed by atoms with van der Waals surface area (Å²) in [5.74, 6) is 2.04. The van der Waals surface area contributed by atoms with Crippen molar-refractivity contribution in [3.05, 3.63) is 209 Å². The molecule has 1 N–H and O–H groups in total. The molecule has 2 heterocycles. The molecule has 9 rings (SSSR count). The number of hydrogen-bond acceptors (Lipinski definition) is 5. The highest BCUT2D eigenvalue weighted by Crippen LogP contribution is 2.43. The number of nitrogens with one attached hydrogen (secondary N) is 1. The van der Waals surface area contributed by atoms with Gasteiger partial charge < -0.3 is 14.6 Å². The molecular formula is C53H52N6O2. The number of aryl methyl sites for hydroxylation is 1. The normalized spacial score (nSPS) is 14.6. The molecule has 0 radical (unpaired) electrons. The molecule has 1 aromatic heterocycles. The highest BCUT2D eigenvalue weighted by molar-refractivity contribution is 6.14. The lowest BCUT2D eigenvalue weighted by molar-refractivity contribution is 0.220. The van der Waals surface area contributed by atoms with E-state index in [1.165, 1.54) is 11.4 Å². The van der Waals surface area contributed by atoms with E-state index in [4.69, 9.17) is 14.8 Å². The van der Waals surface area contributed by atoms with Crippen molar-refractivity contribution < 1.29 is 9.53 Å². The number of rotatable bonds is 13. The van der Waals surface area contributed by atoms with Crippen molar-refractivity contribution in [3.63, 3.8) is 0 Å². The Labute approximate surface area is 359 Å². The van der Waals surface area contributed by atoms with Crippen LogP contribution in [0.15, 0.2) is 175 Å². The van der Waals surface area contributed by atoms with Gasteiger partial charge in [-0.1, -0.05) is 141 Å². The maximum Gasteiger partial charge on any atom is 0.349 e. The van der Waals surface area contributed by atoms with Crippen molar-refractivity contribution in [3.8, 4) is 5.75 Å². The van der Waals surface area contributed by atoms with Crippen molar-refractivity contribution >= 4 is 28.8 Å². The minimum atomic E-state index is -0.631. The number of aromatic nitrogens is 2. The van der Waals surface area contributed by atoms with Crippen LogP contribution in [0.2, 0.25) is 0 Å². The van der Waals surface area contributed by atoms with Gasteiger partial charge in [-0.25, -0.2) is 14.8 Å². The van der Waals surface area contributed by atoms with Gasteiger partial charge in [0.05, 0.1) is 17.1 Å². The van der Waals surface area contributed by atoms with Gasteiger partial charge in [0.25, 0.3) is 0 Å². The summed E-state index contributed by atoms with van der Waals surface area (Å²) in [5.41, 5.74) is 9.39. The van der Waals surface area contributed by atoms with E-state index in [-0.39, 0.29) is 11.9 Å². The van der Waals surface area contributed by atoms with Gasteiger partial charge in [-0.05, 0) is 84.0 Å². The molecule has 1 aliphatic carbocycles. The Morgan fingerprint density at radius 1 is 0.738 bits per heavy atom. The fraction of sp³-hybridized carbons (Fsp3) is 0.226. The van der Waals surface area contributed by atoms with Crippen molar-refractivity contribution in [2.45, 2.75) is 57.6 Å². The smallest absolute Gasteiger partial charge is 0.349 e. The summed E-state index contributed by atoms with van der Waals surface area (Å²) in [6.07, 6.45) is 10.4. The van der Waals surface area contributed by atoms with Gasteiger partial charge in [-0.15, -0.1) is 0 Å². The quantitative estimate of drug-likeness (QED) is 0.118. The van der Waals surface area contributed by atoms with Crippen LogP contribution in [-0.4, -0.2) is 39.9 Å². The zero-order valence-electron chi connectivity index (χ0n) is 35.0. The molecular weight excluding hydrogens is 753 g/mol. The fourth-order valence-electron chi connectivity index (χ4n) is 9.21. The van der Waals surface area contributed by atoms with Crippen LogP contribution in [-0.2, 0) is 18.6 Å². The molecule has 1 saturated carbocycles. The average molecular weight is 805 g/mol. The molecule has 8 heteroatoms. The number of nitrogens with zero attached hydrogens (tertiary/aromatic N) is 5. The first-order valence-corrected chi connectivity index (χ1v) is 21.5. The summed E-state index contributed by atoms with van der Waals surface area (Å²) in [7, 11) is 1.77. The predicted molar refractivity (Wildman–Crippen MR) is 246 cm³/mol. The van der Waals surface area contributed by atoms with Crippen LogP contribution in [0.1, 0.15) is 71.3 Å². The second-order valence-electron chi connectivity index (χ2n) is 16.1. The molecule has 0 saturated heterocycles. The summed E-state index contributed by atoms with van der Waals surface area (Å²) >= 11 is 0. The summed E-state index contributed by atoms with van der Waals surface area (Å²) in [4.78, 5) is 21.1. The molecule has 1 fully saturated rings. The van der Waals surface area contributed by atoms with Crippen molar-refractivity contribution in [2.75, 3.05) is 23.8 Å². The standard InChI is InChI=1S/C53H52N6O2/c1-39-36-48-47(37-49(39)61-38-40-18-8-3-9-19-40)51(41-20-10-4-11-21-41)56-57(2)52(60)59(48)46-30-28-45(29-31-46)54-33-32-50-55-34-35-58(50)53(42-22-12-5-13-23-42,43-24-14-6-15-25-43)44-26-16-7-17-27-44/h3,5-9,12-19,22-31,34-37,41,54H,4,10-11,20-21,32-33,38H2,1-2H3. The molecule has 7 aromatic rings. The molecule has 8 nitrogen and oxygen atoms in total. The van der Waals surface area contributed by atoms with Crippen LogP contribution in [0.25, 0.3) is 0 Å². The lowest BCUT2D eigenvalue weighted by Gasteiger charge is -2.38. The van der Waals surface area contributed by atoms with Crippen LogP contribution in [0, 0.1) is 12.8 Å². The first-order valence-electron chi connectivity index (χ1n) is 21.5. The van der Waals surface area contributed by atoms with Crippen molar-refractivity contribution in [1.82, 2.24) is 14.6 Å². The summed E-state index contributed by atoms with van der Waals surface area (Å²) in [5, 5.41) is 10.2. The third-order valence-corrected chi connectivity index (χ3v) is 12.2. The van der Waals surface area contributed by atoms with Gasteiger partial charge in [-0.3, -0.25) is 4.90 Å². The van der Waals surface area contributed by atoms with E-state index in [9.17, 15) is 4.79 Å². The number of hydrogen-bond donors (Lipinski definition) is 1. The summed E-state index contributed by atoms with van der Waals surface area (Å²) < 4.78 is 8.78. The Morgan fingerprint density at radius 3 is 1.93 bits per heavy atom. The third kappa shape index (κ3) is 7.94. The average Bonchev–Trinajstić information content (AvgIpc) is 3.75. The zero-order valence-corrected chi connectivity index (χ0v) is 35.0. The molecule has 1 aliphatic heterocycles. The molecule has 2 amide bonds. The van der Waals surface area contributed by atoms with Crippen LogP contribution >= 0.6 is 0 Å². The molecule has 0 atom stereocenters. The van der Waals surface area contributed by atoms with E-state index in [0.717, 1.165) is 93.4 Å². The van der Waals surface area contributed by atoms with E-state index >= 15 is 0 Å². The number of carbonyl (C=O) groups excluding carboxylic acids is 1.